The summed E-state index contributed by atoms with van der Waals surface area (Å²) in [6.07, 6.45) is 0. The first-order chi connectivity index (χ1) is 13.6. The van der Waals surface area contributed by atoms with Crippen molar-refractivity contribution in [3.8, 4) is 5.88 Å². The second-order valence-electron chi connectivity index (χ2n) is 6.97. The van der Waals surface area contributed by atoms with Crippen molar-refractivity contribution in [2.75, 3.05) is 14.1 Å². The van der Waals surface area contributed by atoms with E-state index in [-0.39, 0.29) is 28.1 Å². The fourth-order valence-electron chi connectivity index (χ4n) is 3.01. The van der Waals surface area contributed by atoms with Gasteiger partial charge in [-0.25, -0.2) is 12.7 Å². The standard InChI is InChI=1S/C20H22N4O4S/c1-13(2)24-17-11-6-5-10-16(17)18(20(24)26)21-22-19(25)14-8-7-9-15(12-14)29(27,28)23(3)4/h5-13,26H,1-4H3. The minimum atomic E-state index is -3.68. The lowest BCUT2D eigenvalue weighted by Crippen LogP contribution is -2.22. The Morgan fingerprint density at radius 1 is 1.10 bits per heavy atom. The van der Waals surface area contributed by atoms with Crippen molar-refractivity contribution in [1.29, 1.82) is 0 Å². The zero-order valence-corrected chi connectivity index (χ0v) is 17.4. The summed E-state index contributed by atoms with van der Waals surface area (Å²) >= 11 is 0. The summed E-state index contributed by atoms with van der Waals surface area (Å²) in [4.78, 5) is 12.5. The van der Waals surface area contributed by atoms with Crippen molar-refractivity contribution in [2.24, 2.45) is 10.2 Å². The average molecular weight is 414 g/mol. The Kier molecular flexibility index (Phi) is 5.54. The highest BCUT2D eigenvalue weighted by Gasteiger charge is 2.20. The smallest absolute Gasteiger partial charge is 0.295 e. The van der Waals surface area contributed by atoms with E-state index in [1.54, 1.807) is 10.6 Å². The second kappa shape index (κ2) is 7.76. The molecule has 0 saturated heterocycles. The van der Waals surface area contributed by atoms with Gasteiger partial charge in [-0.1, -0.05) is 24.3 Å². The minimum Gasteiger partial charge on any atom is -0.493 e. The van der Waals surface area contributed by atoms with Crippen molar-refractivity contribution in [3.63, 3.8) is 0 Å². The van der Waals surface area contributed by atoms with Crippen LogP contribution in [0.1, 0.15) is 30.2 Å². The molecule has 0 fully saturated rings. The number of fused-ring (bicyclic) bond motifs is 1. The van der Waals surface area contributed by atoms with E-state index in [0.29, 0.717) is 5.39 Å². The Hall–Kier alpha value is -3.04. The molecule has 0 saturated carbocycles. The van der Waals surface area contributed by atoms with Gasteiger partial charge in [-0.3, -0.25) is 4.79 Å². The molecule has 29 heavy (non-hydrogen) atoms. The average Bonchev–Trinajstić information content (AvgIpc) is 2.97. The summed E-state index contributed by atoms with van der Waals surface area (Å²) in [7, 11) is -0.849. The predicted octanol–water partition coefficient (Wildman–Crippen LogP) is 4.10. The van der Waals surface area contributed by atoms with Gasteiger partial charge in [-0.15, -0.1) is 10.2 Å². The molecule has 0 atom stereocenters. The Bertz CT molecular complexity index is 1210. The molecule has 0 radical (unpaired) electrons. The zero-order chi connectivity index (χ0) is 21.3. The van der Waals surface area contributed by atoms with Gasteiger partial charge >= 0.3 is 0 Å². The lowest BCUT2D eigenvalue weighted by atomic mass is 10.2. The summed E-state index contributed by atoms with van der Waals surface area (Å²) in [6, 6.07) is 12.9. The molecule has 0 aliphatic carbocycles. The van der Waals surface area contributed by atoms with Gasteiger partial charge in [-0.2, -0.15) is 0 Å². The molecule has 3 aromatic rings. The summed E-state index contributed by atoms with van der Waals surface area (Å²) in [6.45, 7) is 3.85. The van der Waals surface area contributed by atoms with E-state index in [1.807, 2.05) is 32.0 Å². The lowest BCUT2D eigenvalue weighted by molar-refractivity contribution is 0.0995. The molecule has 0 aliphatic heterocycles. The normalized spacial score (nSPS) is 12.5. The predicted molar refractivity (Wildman–Crippen MR) is 110 cm³/mol. The third-order valence-electron chi connectivity index (χ3n) is 4.48. The number of sulfonamides is 1. The number of carbonyl (C=O) groups excluding carboxylic acids is 1. The molecule has 3 rings (SSSR count). The number of para-hydroxylation sites is 1. The Morgan fingerprint density at radius 3 is 2.45 bits per heavy atom. The monoisotopic (exact) mass is 414 g/mol. The highest BCUT2D eigenvalue weighted by atomic mass is 32.2. The van der Waals surface area contributed by atoms with E-state index in [4.69, 9.17) is 0 Å². The summed E-state index contributed by atoms with van der Waals surface area (Å²) in [5.41, 5.74) is 1.06. The van der Waals surface area contributed by atoms with Crippen LogP contribution in [0.5, 0.6) is 5.88 Å². The molecule has 152 valence electrons. The van der Waals surface area contributed by atoms with Crippen LogP contribution < -0.4 is 0 Å². The van der Waals surface area contributed by atoms with E-state index in [2.05, 4.69) is 10.2 Å². The Balaban J connectivity index is 2.00. The first kappa shape index (κ1) is 20.7. The number of hydrogen-bond acceptors (Lipinski definition) is 5. The van der Waals surface area contributed by atoms with Crippen LogP contribution in [-0.2, 0) is 10.0 Å². The molecule has 2 aromatic carbocycles. The Morgan fingerprint density at radius 2 is 1.79 bits per heavy atom. The minimum absolute atomic E-state index is 0.0113. The van der Waals surface area contributed by atoms with E-state index in [1.165, 1.54) is 38.4 Å². The van der Waals surface area contributed by atoms with Gasteiger partial charge in [-0.05, 0) is 38.1 Å². The van der Waals surface area contributed by atoms with Crippen LogP contribution in [-0.4, -0.2) is 42.4 Å². The quantitative estimate of drug-likeness (QED) is 0.635. The summed E-state index contributed by atoms with van der Waals surface area (Å²) < 4.78 is 27.3. The molecule has 0 unspecified atom stereocenters. The van der Waals surface area contributed by atoms with Crippen LogP contribution in [0.3, 0.4) is 0 Å². The molecule has 0 bridgehead atoms. The van der Waals surface area contributed by atoms with Crippen molar-refractivity contribution >= 4 is 32.5 Å². The molecule has 0 spiro atoms. The van der Waals surface area contributed by atoms with Gasteiger partial charge in [0, 0.05) is 31.1 Å². The first-order valence-corrected chi connectivity index (χ1v) is 10.4. The van der Waals surface area contributed by atoms with Crippen molar-refractivity contribution in [2.45, 2.75) is 24.8 Å². The van der Waals surface area contributed by atoms with Crippen LogP contribution in [0.15, 0.2) is 63.7 Å². The van der Waals surface area contributed by atoms with Crippen LogP contribution >= 0.6 is 0 Å². The third kappa shape index (κ3) is 3.79. The van der Waals surface area contributed by atoms with Gasteiger partial charge in [0.05, 0.1) is 10.4 Å². The Labute approximate surface area is 169 Å². The van der Waals surface area contributed by atoms with Gasteiger partial charge < -0.3 is 9.67 Å². The summed E-state index contributed by atoms with van der Waals surface area (Å²) in [5.74, 6) is -0.789. The number of azo groups is 1. The number of hydrogen-bond donors (Lipinski definition) is 1. The number of carbonyl (C=O) groups is 1. The molecule has 9 heteroatoms. The van der Waals surface area contributed by atoms with Gasteiger partial charge in [0.2, 0.25) is 15.9 Å². The molecular weight excluding hydrogens is 392 g/mol. The first-order valence-electron chi connectivity index (χ1n) is 8.95. The molecule has 1 amide bonds. The zero-order valence-electron chi connectivity index (χ0n) is 16.6. The van der Waals surface area contributed by atoms with Crippen LogP contribution in [0.25, 0.3) is 10.9 Å². The van der Waals surface area contributed by atoms with Crippen molar-refractivity contribution in [1.82, 2.24) is 8.87 Å². The molecule has 1 N–H and O–H groups in total. The third-order valence-corrected chi connectivity index (χ3v) is 6.29. The number of nitrogens with zero attached hydrogens (tertiary/aromatic N) is 4. The van der Waals surface area contributed by atoms with Crippen LogP contribution in [0.4, 0.5) is 5.69 Å². The SMILES string of the molecule is CC(C)n1c(O)c(N=NC(=O)c2cccc(S(=O)(=O)N(C)C)c2)c2ccccc21. The molecule has 1 aromatic heterocycles. The fourth-order valence-corrected chi connectivity index (χ4v) is 3.96. The second-order valence-corrected chi connectivity index (χ2v) is 9.13. The molecule has 1 heterocycles. The number of rotatable bonds is 5. The van der Waals surface area contributed by atoms with Gasteiger partial charge in [0.15, 0.2) is 5.69 Å². The summed E-state index contributed by atoms with van der Waals surface area (Å²) in [5, 5.41) is 19.0. The maximum Gasteiger partial charge on any atom is 0.295 e. The highest BCUT2D eigenvalue weighted by Crippen LogP contribution is 2.40. The van der Waals surface area contributed by atoms with Crippen molar-refractivity contribution in [3.05, 3.63) is 54.1 Å². The number of aromatic hydroxyl groups is 1. The van der Waals surface area contributed by atoms with E-state index >= 15 is 0 Å². The van der Waals surface area contributed by atoms with Gasteiger partial charge in [0.25, 0.3) is 5.91 Å². The molecular formula is C20H22N4O4S. The number of aromatic nitrogens is 1. The molecule has 8 nitrogen and oxygen atoms in total. The highest BCUT2D eigenvalue weighted by molar-refractivity contribution is 7.89. The van der Waals surface area contributed by atoms with E-state index in [0.717, 1.165) is 9.82 Å². The maximum atomic E-state index is 12.5. The largest absolute Gasteiger partial charge is 0.493 e. The van der Waals surface area contributed by atoms with Gasteiger partial charge in [0.1, 0.15) is 0 Å². The molecule has 0 aliphatic rings. The number of benzene rings is 2. The maximum absolute atomic E-state index is 12.5. The number of amides is 1. The van der Waals surface area contributed by atoms with Crippen molar-refractivity contribution < 1.29 is 18.3 Å². The van der Waals surface area contributed by atoms with Crippen LogP contribution in [0, 0.1) is 0 Å². The topological polar surface area (TPSA) is 104 Å². The van der Waals surface area contributed by atoms with Crippen LogP contribution in [0.2, 0.25) is 0 Å². The van der Waals surface area contributed by atoms with E-state index < -0.39 is 15.9 Å². The van der Waals surface area contributed by atoms with E-state index in [9.17, 15) is 18.3 Å². The lowest BCUT2D eigenvalue weighted by Gasteiger charge is -2.11. The fraction of sp³-hybridized carbons (Fsp3) is 0.250.